The van der Waals surface area contributed by atoms with Crippen molar-refractivity contribution < 1.29 is 9.59 Å². The lowest BCUT2D eigenvalue weighted by atomic mass is 10.0. The lowest BCUT2D eigenvalue weighted by molar-refractivity contribution is -0.133. The third kappa shape index (κ3) is 5.32. The van der Waals surface area contributed by atoms with E-state index in [1.54, 1.807) is 35.4 Å². The van der Waals surface area contributed by atoms with Gasteiger partial charge in [-0.15, -0.1) is 11.3 Å². The van der Waals surface area contributed by atoms with Gasteiger partial charge in [-0.25, -0.2) is 4.79 Å². The highest BCUT2D eigenvalue weighted by molar-refractivity contribution is 7.10. The molecule has 0 fully saturated rings. The molecule has 134 valence electrons. The van der Waals surface area contributed by atoms with Crippen molar-refractivity contribution in [2.45, 2.75) is 33.4 Å². The molecule has 0 bridgehead atoms. The second-order valence-electron chi connectivity index (χ2n) is 6.41. The molecule has 0 saturated heterocycles. The van der Waals surface area contributed by atoms with Gasteiger partial charge in [-0.1, -0.05) is 32.0 Å². The lowest BCUT2D eigenvalue weighted by Gasteiger charge is -2.27. The molecule has 1 aromatic heterocycles. The Bertz CT molecular complexity index is 712. The maximum Gasteiger partial charge on any atom is 0.319 e. The molecule has 1 aromatic carbocycles. The molecule has 0 aliphatic rings. The predicted molar refractivity (Wildman–Crippen MR) is 103 cm³/mol. The number of benzene rings is 1. The number of rotatable bonds is 6. The number of carbonyl (C=O) groups excluding carboxylic acids is 2. The largest absolute Gasteiger partial charge is 0.339 e. The van der Waals surface area contributed by atoms with Gasteiger partial charge < -0.3 is 15.5 Å². The van der Waals surface area contributed by atoms with Crippen molar-refractivity contribution in [3.8, 4) is 0 Å². The van der Waals surface area contributed by atoms with E-state index in [9.17, 15) is 9.59 Å². The van der Waals surface area contributed by atoms with Crippen LogP contribution >= 0.6 is 11.3 Å². The summed E-state index contributed by atoms with van der Waals surface area (Å²) in [4.78, 5) is 27.9. The van der Waals surface area contributed by atoms with E-state index >= 15 is 0 Å². The first-order valence-electron chi connectivity index (χ1n) is 8.29. The van der Waals surface area contributed by atoms with Crippen molar-refractivity contribution in [1.29, 1.82) is 0 Å². The summed E-state index contributed by atoms with van der Waals surface area (Å²) < 4.78 is 0. The number of likely N-dealkylation sites (N-methyl/N-ethyl adjacent to an activating group) is 1. The van der Waals surface area contributed by atoms with Crippen LogP contribution in [0.5, 0.6) is 0 Å². The molecular weight excluding hydrogens is 334 g/mol. The van der Waals surface area contributed by atoms with Crippen LogP contribution < -0.4 is 10.6 Å². The van der Waals surface area contributed by atoms with E-state index in [-0.39, 0.29) is 17.9 Å². The molecule has 2 aromatic rings. The van der Waals surface area contributed by atoms with Crippen molar-refractivity contribution in [2.75, 3.05) is 12.4 Å². The second kappa shape index (κ2) is 8.67. The third-order valence-corrected chi connectivity index (χ3v) is 4.98. The van der Waals surface area contributed by atoms with Gasteiger partial charge in [0.15, 0.2) is 0 Å². The summed E-state index contributed by atoms with van der Waals surface area (Å²) in [6, 6.07) is 10.3. The Labute approximate surface area is 153 Å². The zero-order valence-corrected chi connectivity index (χ0v) is 15.9. The third-order valence-electron chi connectivity index (χ3n) is 3.98. The maximum absolute atomic E-state index is 12.8. The van der Waals surface area contributed by atoms with Gasteiger partial charge in [-0.2, -0.15) is 0 Å². The summed E-state index contributed by atoms with van der Waals surface area (Å²) in [5.74, 6) is -0.105. The van der Waals surface area contributed by atoms with Crippen LogP contribution in [0.2, 0.25) is 0 Å². The molecule has 0 aliphatic carbocycles. The standard InChI is InChI=1S/C19H25N3O2S/c1-13(2)17(21-19(24)20-15-8-6-5-7-9-15)18(23)22(4)12-16-14(3)10-11-25-16/h5-11,13,17H,12H2,1-4H3,(H2,20,21,24). The predicted octanol–water partition coefficient (Wildman–Crippen LogP) is 3.86. The normalized spacial score (nSPS) is 11.9. The number of urea groups is 1. The average molecular weight is 359 g/mol. The van der Waals surface area contributed by atoms with Crippen molar-refractivity contribution in [2.24, 2.45) is 5.92 Å². The van der Waals surface area contributed by atoms with Gasteiger partial charge in [0.05, 0.1) is 6.54 Å². The smallest absolute Gasteiger partial charge is 0.319 e. The Morgan fingerprint density at radius 2 is 1.84 bits per heavy atom. The molecule has 25 heavy (non-hydrogen) atoms. The van der Waals surface area contributed by atoms with Gasteiger partial charge in [0.25, 0.3) is 0 Å². The number of aryl methyl sites for hydroxylation is 1. The van der Waals surface area contributed by atoms with E-state index < -0.39 is 6.04 Å². The van der Waals surface area contributed by atoms with Crippen LogP contribution in [0.4, 0.5) is 10.5 Å². The molecule has 0 aliphatic heterocycles. The lowest BCUT2D eigenvalue weighted by Crippen LogP contribution is -2.51. The average Bonchev–Trinajstić information content (AvgIpc) is 2.97. The molecule has 6 heteroatoms. The maximum atomic E-state index is 12.8. The SMILES string of the molecule is Cc1ccsc1CN(C)C(=O)C(NC(=O)Nc1ccccc1)C(C)C. The Morgan fingerprint density at radius 3 is 2.40 bits per heavy atom. The number of nitrogens with zero attached hydrogens (tertiary/aromatic N) is 1. The molecular formula is C19H25N3O2S. The van der Waals surface area contributed by atoms with Gasteiger partial charge in [-0.3, -0.25) is 4.79 Å². The Kier molecular flexibility index (Phi) is 6.58. The number of thiophene rings is 1. The Hall–Kier alpha value is -2.34. The summed E-state index contributed by atoms with van der Waals surface area (Å²) in [7, 11) is 1.77. The summed E-state index contributed by atoms with van der Waals surface area (Å²) in [5.41, 5.74) is 1.87. The number of para-hydroxylation sites is 1. The number of anilines is 1. The van der Waals surface area contributed by atoms with Crippen molar-refractivity contribution in [1.82, 2.24) is 10.2 Å². The van der Waals surface area contributed by atoms with Gasteiger partial charge >= 0.3 is 6.03 Å². The summed E-state index contributed by atoms with van der Waals surface area (Å²) >= 11 is 1.64. The summed E-state index contributed by atoms with van der Waals surface area (Å²) in [6.07, 6.45) is 0. The molecule has 1 unspecified atom stereocenters. The first-order valence-corrected chi connectivity index (χ1v) is 9.17. The number of hydrogen-bond acceptors (Lipinski definition) is 3. The fraction of sp³-hybridized carbons (Fsp3) is 0.368. The van der Waals surface area contributed by atoms with E-state index in [1.807, 2.05) is 50.4 Å². The first-order chi connectivity index (χ1) is 11.9. The van der Waals surface area contributed by atoms with Gasteiger partial charge in [0.2, 0.25) is 5.91 Å². The number of nitrogens with one attached hydrogen (secondary N) is 2. The van der Waals surface area contributed by atoms with Crippen LogP contribution in [-0.4, -0.2) is 29.9 Å². The second-order valence-corrected chi connectivity index (χ2v) is 7.41. The fourth-order valence-electron chi connectivity index (χ4n) is 2.44. The Morgan fingerprint density at radius 1 is 1.16 bits per heavy atom. The quantitative estimate of drug-likeness (QED) is 0.823. The minimum atomic E-state index is -0.575. The van der Waals surface area contributed by atoms with Crippen LogP contribution in [0.3, 0.4) is 0 Å². The number of hydrogen-bond donors (Lipinski definition) is 2. The van der Waals surface area contributed by atoms with Gasteiger partial charge in [0, 0.05) is 17.6 Å². The van der Waals surface area contributed by atoms with Gasteiger partial charge in [-0.05, 0) is 42.0 Å². The Balaban J connectivity index is 2.00. The highest BCUT2D eigenvalue weighted by Crippen LogP contribution is 2.18. The first kappa shape index (κ1) is 19.0. The van der Waals surface area contributed by atoms with Crippen LogP contribution in [0.25, 0.3) is 0 Å². The van der Waals surface area contributed by atoms with Crippen LogP contribution in [0.1, 0.15) is 24.3 Å². The summed E-state index contributed by atoms with van der Waals surface area (Å²) in [5, 5.41) is 7.58. The van der Waals surface area contributed by atoms with Gasteiger partial charge in [0.1, 0.15) is 6.04 Å². The minimum Gasteiger partial charge on any atom is -0.339 e. The zero-order chi connectivity index (χ0) is 18.4. The van der Waals surface area contributed by atoms with E-state index in [1.165, 1.54) is 5.56 Å². The molecule has 3 amide bonds. The van der Waals surface area contributed by atoms with E-state index in [2.05, 4.69) is 10.6 Å². The molecule has 0 saturated carbocycles. The topological polar surface area (TPSA) is 61.4 Å². The number of carbonyl (C=O) groups is 2. The minimum absolute atomic E-state index is 0.0130. The molecule has 1 atom stereocenters. The van der Waals surface area contributed by atoms with Crippen molar-refractivity contribution in [3.63, 3.8) is 0 Å². The van der Waals surface area contributed by atoms with E-state index in [0.29, 0.717) is 12.2 Å². The molecule has 2 rings (SSSR count). The van der Waals surface area contributed by atoms with Crippen molar-refractivity contribution >= 4 is 29.0 Å². The zero-order valence-electron chi connectivity index (χ0n) is 15.1. The monoisotopic (exact) mass is 359 g/mol. The highest BCUT2D eigenvalue weighted by Gasteiger charge is 2.27. The van der Waals surface area contributed by atoms with E-state index in [0.717, 1.165) is 4.88 Å². The highest BCUT2D eigenvalue weighted by atomic mass is 32.1. The van der Waals surface area contributed by atoms with Crippen LogP contribution in [0.15, 0.2) is 41.8 Å². The molecule has 5 nitrogen and oxygen atoms in total. The van der Waals surface area contributed by atoms with Crippen LogP contribution in [-0.2, 0) is 11.3 Å². The van der Waals surface area contributed by atoms with Crippen molar-refractivity contribution in [3.05, 3.63) is 52.2 Å². The van der Waals surface area contributed by atoms with Crippen LogP contribution in [0, 0.1) is 12.8 Å². The summed E-state index contributed by atoms with van der Waals surface area (Å²) in [6.45, 7) is 6.44. The molecule has 0 radical (unpaired) electrons. The fourth-order valence-corrected chi connectivity index (χ4v) is 3.40. The molecule has 2 N–H and O–H groups in total. The molecule has 0 spiro atoms. The number of amides is 3. The molecule has 1 heterocycles. The van der Waals surface area contributed by atoms with E-state index in [4.69, 9.17) is 0 Å².